The molecule has 0 saturated heterocycles. The van der Waals surface area contributed by atoms with Gasteiger partial charge in [0.1, 0.15) is 0 Å². The molecule has 7 nitrogen and oxygen atoms in total. The highest BCUT2D eigenvalue weighted by atomic mass is 32.2. The van der Waals surface area contributed by atoms with Crippen molar-refractivity contribution in [2.24, 2.45) is 7.05 Å². The number of nitrogens with one attached hydrogen (secondary N) is 1. The number of para-hydroxylation sites is 2. The topological polar surface area (TPSA) is 82.5 Å². The van der Waals surface area contributed by atoms with Gasteiger partial charge in [0.25, 0.3) is 10.0 Å². The van der Waals surface area contributed by atoms with Gasteiger partial charge in [-0.05, 0) is 24.3 Å². The summed E-state index contributed by atoms with van der Waals surface area (Å²) < 4.78 is 39.8. The zero-order valence-corrected chi connectivity index (χ0v) is 14.3. The average Bonchev–Trinajstić information content (AvgIpc) is 2.90. The molecule has 0 aliphatic carbocycles. The zero-order chi connectivity index (χ0) is 17.3. The first kappa shape index (κ1) is 16.1. The fourth-order valence-corrected chi connectivity index (χ4v) is 3.45. The average molecular weight is 347 g/mol. The highest BCUT2D eigenvalue weighted by Gasteiger charge is 2.20. The number of nitrogens with zero attached hydrogens (tertiary/aromatic N) is 2. The van der Waals surface area contributed by atoms with E-state index in [4.69, 9.17) is 9.47 Å². The molecular formula is C16H17N3O4S. The standard InChI is InChI=1S/C16H17N3O4S/c1-19-13-7-5-4-6-12(13)17-16(19)18-24(20,21)11-8-9-14(22-2)15(10-11)23-3/h4-10H,1-3H3,(H,17,18). The van der Waals surface area contributed by atoms with Crippen molar-refractivity contribution < 1.29 is 17.9 Å². The Hall–Kier alpha value is -2.74. The van der Waals surface area contributed by atoms with Crippen LogP contribution in [0.5, 0.6) is 11.5 Å². The molecule has 3 rings (SSSR count). The Bertz CT molecular complexity index is 996. The molecule has 0 aliphatic heterocycles. The van der Waals surface area contributed by atoms with Crippen LogP contribution in [-0.2, 0) is 17.1 Å². The summed E-state index contributed by atoms with van der Waals surface area (Å²) in [7, 11) is 0.883. The van der Waals surface area contributed by atoms with E-state index in [2.05, 4.69) is 9.71 Å². The number of imidazole rings is 1. The minimum Gasteiger partial charge on any atom is -0.493 e. The van der Waals surface area contributed by atoms with Crippen LogP contribution < -0.4 is 14.2 Å². The van der Waals surface area contributed by atoms with Crippen LogP contribution in [0.2, 0.25) is 0 Å². The lowest BCUT2D eigenvalue weighted by Gasteiger charge is -2.11. The van der Waals surface area contributed by atoms with Crippen LogP contribution in [0, 0.1) is 0 Å². The second-order valence-electron chi connectivity index (χ2n) is 5.11. The number of aryl methyl sites for hydroxylation is 1. The second kappa shape index (κ2) is 6.04. The zero-order valence-electron chi connectivity index (χ0n) is 13.5. The molecule has 0 spiro atoms. The summed E-state index contributed by atoms with van der Waals surface area (Å²) in [5, 5.41) is 0. The molecule has 8 heteroatoms. The SMILES string of the molecule is COc1ccc(S(=O)(=O)Nc2nc3ccccc3n2C)cc1OC. The Morgan fingerprint density at radius 2 is 1.75 bits per heavy atom. The molecule has 24 heavy (non-hydrogen) atoms. The number of methoxy groups -OCH3 is 2. The highest BCUT2D eigenvalue weighted by molar-refractivity contribution is 7.92. The number of hydrogen-bond donors (Lipinski definition) is 1. The van der Waals surface area contributed by atoms with Crippen molar-refractivity contribution >= 4 is 27.0 Å². The Kier molecular flexibility index (Phi) is 4.06. The minimum atomic E-state index is -3.81. The molecule has 0 radical (unpaired) electrons. The molecular weight excluding hydrogens is 330 g/mol. The van der Waals surface area contributed by atoms with Crippen molar-refractivity contribution in [2.45, 2.75) is 4.90 Å². The van der Waals surface area contributed by atoms with Gasteiger partial charge in [-0.25, -0.2) is 18.1 Å². The molecule has 0 bridgehead atoms. The van der Waals surface area contributed by atoms with E-state index in [9.17, 15) is 8.42 Å². The van der Waals surface area contributed by atoms with E-state index in [1.807, 2.05) is 24.3 Å². The fraction of sp³-hybridized carbons (Fsp3) is 0.188. The third kappa shape index (κ3) is 2.76. The van der Waals surface area contributed by atoms with Crippen molar-refractivity contribution in [1.29, 1.82) is 0 Å². The van der Waals surface area contributed by atoms with Gasteiger partial charge in [0.15, 0.2) is 11.5 Å². The molecule has 126 valence electrons. The Labute approximate surface area is 139 Å². The highest BCUT2D eigenvalue weighted by Crippen LogP contribution is 2.30. The maximum absolute atomic E-state index is 12.6. The van der Waals surface area contributed by atoms with Gasteiger partial charge in [0.2, 0.25) is 5.95 Å². The number of ether oxygens (including phenoxy) is 2. The van der Waals surface area contributed by atoms with Gasteiger partial charge >= 0.3 is 0 Å². The number of aromatic nitrogens is 2. The van der Waals surface area contributed by atoms with Crippen molar-refractivity contribution in [1.82, 2.24) is 9.55 Å². The third-order valence-corrected chi connectivity index (χ3v) is 5.00. The van der Waals surface area contributed by atoms with Gasteiger partial charge < -0.3 is 14.0 Å². The number of rotatable bonds is 5. The van der Waals surface area contributed by atoms with E-state index in [0.717, 1.165) is 5.52 Å². The summed E-state index contributed by atoms with van der Waals surface area (Å²) in [6.07, 6.45) is 0. The van der Waals surface area contributed by atoms with Crippen LogP contribution in [0.3, 0.4) is 0 Å². The molecule has 0 aliphatic rings. The number of anilines is 1. The second-order valence-corrected chi connectivity index (χ2v) is 6.79. The smallest absolute Gasteiger partial charge is 0.264 e. The van der Waals surface area contributed by atoms with Crippen LogP contribution >= 0.6 is 0 Å². The number of benzene rings is 2. The first-order valence-corrected chi connectivity index (χ1v) is 8.61. The Morgan fingerprint density at radius 1 is 1.04 bits per heavy atom. The predicted octanol–water partition coefficient (Wildman–Crippen LogP) is 2.39. The Morgan fingerprint density at radius 3 is 2.42 bits per heavy atom. The van der Waals surface area contributed by atoms with Crippen LogP contribution in [0.15, 0.2) is 47.4 Å². The first-order valence-electron chi connectivity index (χ1n) is 7.12. The molecule has 0 fully saturated rings. The summed E-state index contributed by atoms with van der Waals surface area (Å²) in [5.74, 6) is 1.04. The quantitative estimate of drug-likeness (QED) is 0.766. The normalized spacial score (nSPS) is 11.5. The monoisotopic (exact) mass is 347 g/mol. The van der Waals surface area contributed by atoms with Crippen LogP contribution in [0.1, 0.15) is 0 Å². The molecule has 1 aromatic heterocycles. The van der Waals surface area contributed by atoms with Gasteiger partial charge in [0, 0.05) is 13.1 Å². The van der Waals surface area contributed by atoms with Gasteiger partial charge in [-0.1, -0.05) is 12.1 Å². The summed E-state index contributed by atoms with van der Waals surface area (Å²) in [6, 6.07) is 11.8. The van der Waals surface area contributed by atoms with E-state index in [0.29, 0.717) is 17.0 Å². The molecule has 0 saturated carbocycles. The summed E-state index contributed by atoms with van der Waals surface area (Å²) in [5.41, 5.74) is 1.55. The fourth-order valence-electron chi connectivity index (χ4n) is 2.40. The van der Waals surface area contributed by atoms with Gasteiger partial charge in [-0.2, -0.15) is 0 Å². The Balaban J connectivity index is 2.00. The van der Waals surface area contributed by atoms with Crippen LogP contribution in [0.25, 0.3) is 11.0 Å². The van der Waals surface area contributed by atoms with Crippen molar-refractivity contribution in [3.63, 3.8) is 0 Å². The maximum atomic E-state index is 12.6. The predicted molar refractivity (Wildman–Crippen MR) is 91.1 cm³/mol. The third-order valence-electron chi connectivity index (χ3n) is 3.68. The summed E-state index contributed by atoms with van der Waals surface area (Å²) >= 11 is 0. The lowest BCUT2D eigenvalue weighted by molar-refractivity contribution is 0.354. The molecule has 0 unspecified atom stereocenters. The van der Waals surface area contributed by atoms with E-state index in [-0.39, 0.29) is 10.8 Å². The van der Waals surface area contributed by atoms with E-state index in [1.54, 1.807) is 17.7 Å². The van der Waals surface area contributed by atoms with E-state index >= 15 is 0 Å². The van der Waals surface area contributed by atoms with Crippen molar-refractivity contribution in [3.05, 3.63) is 42.5 Å². The maximum Gasteiger partial charge on any atom is 0.264 e. The largest absolute Gasteiger partial charge is 0.493 e. The molecule has 3 aromatic rings. The number of sulfonamides is 1. The molecule has 0 amide bonds. The van der Waals surface area contributed by atoms with E-state index < -0.39 is 10.0 Å². The lowest BCUT2D eigenvalue weighted by Crippen LogP contribution is -2.16. The number of hydrogen-bond acceptors (Lipinski definition) is 5. The van der Waals surface area contributed by atoms with Crippen molar-refractivity contribution in [2.75, 3.05) is 18.9 Å². The van der Waals surface area contributed by atoms with Gasteiger partial charge in [-0.15, -0.1) is 0 Å². The molecule has 2 aromatic carbocycles. The van der Waals surface area contributed by atoms with Crippen molar-refractivity contribution in [3.8, 4) is 11.5 Å². The summed E-state index contributed by atoms with van der Waals surface area (Å²) in [6.45, 7) is 0. The molecule has 1 N–H and O–H groups in total. The number of fused-ring (bicyclic) bond motifs is 1. The van der Waals surface area contributed by atoms with Gasteiger partial charge in [0.05, 0.1) is 30.1 Å². The molecule has 1 heterocycles. The van der Waals surface area contributed by atoms with E-state index in [1.165, 1.54) is 26.4 Å². The minimum absolute atomic E-state index is 0.0622. The first-order chi connectivity index (χ1) is 11.5. The van der Waals surface area contributed by atoms with Crippen LogP contribution in [-0.4, -0.2) is 32.2 Å². The van der Waals surface area contributed by atoms with Crippen LogP contribution in [0.4, 0.5) is 5.95 Å². The summed E-state index contributed by atoms with van der Waals surface area (Å²) in [4.78, 5) is 4.38. The van der Waals surface area contributed by atoms with Gasteiger partial charge in [-0.3, -0.25) is 0 Å². The lowest BCUT2D eigenvalue weighted by atomic mass is 10.3. The molecule has 0 atom stereocenters.